The normalized spacial score (nSPS) is 16.2. The molecule has 2 amide bonds. The molecule has 4 rings (SSSR count). The minimum Gasteiger partial charge on any atom is -0.491 e. The summed E-state index contributed by atoms with van der Waals surface area (Å²) in [5.74, 6) is 1.67. The number of hydrogen-bond donors (Lipinski definition) is 4. The lowest BCUT2D eigenvalue weighted by atomic mass is 10.0. The SMILES string of the molecule is Nc1n[nH]c2cc(NC(=O)NC3COc4ccccc4C3)ncc12. The summed E-state index contributed by atoms with van der Waals surface area (Å²) in [7, 11) is 0. The number of ether oxygens (including phenoxy) is 1. The van der Waals surface area contributed by atoms with Gasteiger partial charge in [0.1, 0.15) is 18.2 Å². The number of aromatic nitrogens is 3. The number of H-pyrrole nitrogens is 1. The van der Waals surface area contributed by atoms with Gasteiger partial charge < -0.3 is 15.8 Å². The summed E-state index contributed by atoms with van der Waals surface area (Å²) < 4.78 is 5.66. The number of para-hydroxylation sites is 1. The fourth-order valence-corrected chi connectivity index (χ4v) is 2.76. The van der Waals surface area contributed by atoms with Crippen molar-refractivity contribution in [2.24, 2.45) is 0 Å². The first-order valence-electron chi connectivity index (χ1n) is 7.57. The van der Waals surface area contributed by atoms with Gasteiger partial charge in [-0.15, -0.1) is 0 Å². The van der Waals surface area contributed by atoms with Crippen molar-refractivity contribution in [3.05, 3.63) is 42.1 Å². The highest BCUT2D eigenvalue weighted by atomic mass is 16.5. The van der Waals surface area contributed by atoms with Crippen LogP contribution in [0, 0.1) is 0 Å². The maximum Gasteiger partial charge on any atom is 0.320 e. The van der Waals surface area contributed by atoms with E-state index in [-0.39, 0.29) is 12.1 Å². The number of aromatic amines is 1. The third-order valence-corrected chi connectivity index (χ3v) is 3.93. The molecule has 0 aliphatic carbocycles. The molecule has 5 N–H and O–H groups in total. The average Bonchev–Trinajstić information content (AvgIpc) is 2.95. The Kier molecular flexibility index (Phi) is 3.42. The number of pyridine rings is 1. The number of nitrogen functional groups attached to an aromatic ring is 1. The van der Waals surface area contributed by atoms with Gasteiger partial charge in [0.25, 0.3) is 0 Å². The van der Waals surface area contributed by atoms with E-state index in [9.17, 15) is 4.79 Å². The molecule has 1 aromatic carbocycles. The van der Waals surface area contributed by atoms with Gasteiger partial charge >= 0.3 is 6.03 Å². The van der Waals surface area contributed by atoms with Crippen LogP contribution >= 0.6 is 0 Å². The Morgan fingerprint density at radius 2 is 2.25 bits per heavy atom. The first-order chi connectivity index (χ1) is 11.7. The summed E-state index contributed by atoms with van der Waals surface area (Å²) in [6, 6.07) is 9.09. The van der Waals surface area contributed by atoms with Crippen molar-refractivity contribution in [2.45, 2.75) is 12.5 Å². The lowest BCUT2D eigenvalue weighted by molar-refractivity contribution is 0.222. The summed E-state index contributed by atoms with van der Waals surface area (Å²) in [6.45, 7) is 0.438. The van der Waals surface area contributed by atoms with E-state index in [0.29, 0.717) is 23.8 Å². The van der Waals surface area contributed by atoms with Crippen LogP contribution in [0.25, 0.3) is 10.9 Å². The van der Waals surface area contributed by atoms with Crippen LogP contribution in [0.15, 0.2) is 36.5 Å². The smallest absolute Gasteiger partial charge is 0.320 e. The molecule has 24 heavy (non-hydrogen) atoms. The highest BCUT2D eigenvalue weighted by Gasteiger charge is 2.21. The van der Waals surface area contributed by atoms with Crippen molar-refractivity contribution in [3.63, 3.8) is 0 Å². The van der Waals surface area contributed by atoms with E-state index in [1.807, 2.05) is 24.3 Å². The van der Waals surface area contributed by atoms with E-state index >= 15 is 0 Å². The lowest BCUT2D eigenvalue weighted by Crippen LogP contribution is -2.44. The first kappa shape index (κ1) is 14.3. The number of carbonyl (C=O) groups excluding carboxylic acids is 1. The molecular formula is C16H16N6O2. The zero-order valence-electron chi connectivity index (χ0n) is 12.7. The number of nitrogens with one attached hydrogen (secondary N) is 3. The first-order valence-corrected chi connectivity index (χ1v) is 7.57. The molecule has 0 spiro atoms. The van der Waals surface area contributed by atoms with Crippen LogP contribution in [0.2, 0.25) is 0 Å². The largest absolute Gasteiger partial charge is 0.491 e. The van der Waals surface area contributed by atoms with Gasteiger partial charge in [-0.2, -0.15) is 5.10 Å². The second-order valence-electron chi connectivity index (χ2n) is 5.64. The van der Waals surface area contributed by atoms with Gasteiger partial charge in [-0.25, -0.2) is 9.78 Å². The third kappa shape index (κ3) is 2.69. The number of urea groups is 1. The molecule has 1 atom stereocenters. The molecule has 2 aromatic heterocycles. The van der Waals surface area contributed by atoms with Gasteiger partial charge in [0.15, 0.2) is 5.82 Å². The summed E-state index contributed by atoms with van der Waals surface area (Å²) in [6.07, 6.45) is 2.30. The molecule has 8 heteroatoms. The second-order valence-corrected chi connectivity index (χ2v) is 5.64. The van der Waals surface area contributed by atoms with Gasteiger partial charge in [0, 0.05) is 12.3 Å². The Morgan fingerprint density at radius 3 is 3.17 bits per heavy atom. The molecule has 3 aromatic rings. The Balaban J connectivity index is 1.41. The molecule has 0 bridgehead atoms. The van der Waals surface area contributed by atoms with Gasteiger partial charge in [-0.1, -0.05) is 18.2 Å². The molecule has 1 aliphatic heterocycles. The molecule has 0 saturated heterocycles. The number of anilines is 2. The maximum absolute atomic E-state index is 12.2. The van der Waals surface area contributed by atoms with Crippen LogP contribution in [-0.2, 0) is 6.42 Å². The highest BCUT2D eigenvalue weighted by molar-refractivity contribution is 5.93. The van der Waals surface area contributed by atoms with Crippen LogP contribution < -0.4 is 21.1 Å². The average molecular weight is 324 g/mol. The topological polar surface area (TPSA) is 118 Å². The monoisotopic (exact) mass is 324 g/mol. The Morgan fingerprint density at radius 1 is 1.38 bits per heavy atom. The van der Waals surface area contributed by atoms with Gasteiger partial charge in [-0.05, 0) is 18.1 Å². The van der Waals surface area contributed by atoms with E-state index in [1.165, 1.54) is 0 Å². The molecular weight excluding hydrogens is 308 g/mol. The molecule has 122 valence electrons. The fraction of sp³-hybridized carbons (Fsp3) is 0.188. The van der Waals surface area contributed by atoms with Crippen molar-refractivity contribution >= 4 is 28.6 Å². The highest BCUT2D eigenvalue weighted by Crippen LogP contribution is 2.24. The molecule has 0 saturated carbocycles. The predicted octanol–water partition coefficient (Wildman–Crippen LogP) is 1.67. The lowest BCUT2D eigenvalue weighted by Gasteiger charge is -2.25. The van der Waals surface area contributed by atoms with Crippen molar-refractivity contribution in [1.82, 2.24) is 20.5 Å². The summed E-state index contributed by atoms with van der Waals surface area (Å²) >= 11 is 0. The standard InChI is InChI=1S/C16H16N6O2/c17-15-11-7-18-14(6-12(11)21-22-15)20-16(23)19-10-5-9-3-1-2-4-13(9)24-8-10/h1-4,6-7,10H,5,8H2,(H3,17,21,22)(H2,18,19,20,23). The van der Waals surface area contributed by atoms with Crippen molar-refractivity contribution in [3.8, 4) is 5.75 Å². The van der Waals surface area contributed by atoms with Gasteiger partial charge in [0.05, 0.1) is 16.9 Å². The van der Waals surface area contributed by atoms with Crippen LogP contribution in [-0.4, -0.2) is 33.9 Å². The number of amides is 2. The zero-order valence-corrected chi connectivity index (χ0v) is 12.7. The minimum absolute atomic E-state index is 0.0913. The van der Waals surface area contributed by atoms with Gasteiger partial charge in [-0.3, -0.25) is 10.4 Å². The minimum atomic E-state index is -0.331. The number of nitrogens with zero attached hydrogens (tertiary/aromatic N) is 2. The molecule has 0 radical (unpaired) electrons. The van der Waals surface area contributed by atoms with E-state index in [0.717, 1.165) is 23.1 Å². The molecule has 3 heterocycles. The fourth-order valence-electron chi connectivity index (χ4n) is 2.76. The van der Waals surface area contributed by atoms with Crippen LogP contribution in [0.4, 0.5) is 16.4 Å². The number of hydrogen-bond acceptors (Lipinski definition) is 5. The molecule has 1 unspecified atom stereocenters. The third-order valence-electron chi connectivity index (χ3n) is 3.93. The zero-order chi connectivity index (χ0) is 16.5. The number of rotatable bonds is 2. The Hall–Kier alpha value is -3.29. The van der Waals surface area contributed by atoms with Gasteiger partial charge in [0.2, 0.25) is 0 Å². The van der Waals surface area contributed by atoms with Crippen LogP contribution in [0.1, 0.15) is 5.56 Å². The predicted molar refractivity (Wildman–Crippen MR) is 89.9 cm³/mol. The summed E-state index contributed by atoms with van der Waals surface area (Å²) in [5.41, 5.74) is 7.49. The maximum atomic E-state index is 12.2. The van der Waals surface area contributed by atoms with E-state index < -0.39 is 0 Å². The van der Waals surface area contributed by atoms with Crippen molar-refractivity contribution in [2.75, 3.05) is 17.7 Å². The summed E-state index contributed by atoms with van der Waals surface area (Å²) in [4.78, 5) is 16.3. The van der Waals surface area contributed by atoms with E-state index in [2.05, 4.69) is 25.8 Å². The van der Waals surface area contributed by atoms with Crippen molar-refractivity contribution in [1.29, 1.82) is 0 Å². The van der Waals surface area contributed by atoms with Crippen LogP contribution in [0.3, 0.4) is 0 Å². The number of benzene rings is 1. The van der Waals surface area contributed by atoms with E-state index in [4.69, 9.17) is 10.5 Å². The Labute approximate surface area is 137 Å². The number of fused-ring (bicyclic) bond motifs is 2. The molecule has 0 fully saturated rings. The summed E-state index contributed by atoms with van der Waals surface area (Å²) in [5, 5.41) is 13.0. The number of carbonyl (C=O) groups is 1. The van der Waals surface area contributed by atoms with E-state index in [1.54, 1.807) is 12.3 Å². The quantitative estimate of drug-likeness (QED) is 0.572. The second kappa shape index (κ2) is 5.73. The molecule has 1 aliphatic rings. The van der Waals surface area contributed by atoms with Crippen molar-refractivity contribution < 1.29 is 9.53 Å². The number of nitrogens with two attached hydrogens (primary N) is 1. The molecule has 8 nitrogen and oxygen atoms in total. The van der Waals surface area contributed by atoms with Crippen LogP contribution in [0.5, 0.6) is 5.75 Å². The Bertz CT molecular complexity index is 906.